The standard InChI is InChI=1S/C13H8N4O3/c1-17-9-4-7(2-3-10(9)20-13(17)19)12-8(6-14)5-11(18)15-16-12/h2-5H,1H3,(H,15,18). The first kappa shape index (κ1) is 11.9. The van der Waals surface area contributed by atoms with E-state index in [4.69, 9.17) is 9.68 Å². The SMILES string of the molecule is Cn1c(=O)oc2ccc(-c3n[nH]c(=O)cc3C#N)cc21. The van der Waals surface area contributed by atoms with Crippen LogP contribution in [0, 0.1) is 11.3 Å². The number of aromatic amines is 1. The number of hydrogen-bond donors (Lipinski definition) is 1. The smallest absolute Gasteiger partial charge is 0.408 e. The summed E-state index contributed by atoms with van der Waals surface area (Å²) in [5.74, 6) is -0.466. The summed E-state index contributed by atoms with van der Waals surface area (Å²) in [5, 5.41) is 15.2. The number of hydrogen-bond acceptors (Lipinski definition) is 5. The molecule has 98 valence electrons. The van der Waals surface area contributed by atoms with Gasteiger partial charge in [0.25, 0.3) is 5.56 Å². The number of nitrogens with one attached hydrogen (secondary N) is 1. The number of benzene rings is 1. The van der Waals surface area contributed by atoms with Crippen LogP contribution in [0.25, 0.3) is 22.4 Å². The van der Waals surface area contributed by atoms with E-state index in [-0.39, 0.29) is 5.56 Å². The quantitative estimate of drug-likeness (QED) is 0.701. The second-order valence-corrected chi connectivity index (χ2v) is 4.22. The minimum absolute atomic E-state index is 0.168. The predicted octanol–water partition coefficient (Wildman–Crippen LogP) is 0.753. The molecule has 0 atom stereocenters. The molecule has 0 saturated heterocycles. The lowest BCUT2D eigenvalue weighted by molar-refractivity contribution is 0.528. The van der Waals surface area contributed by atoms with Gasteiger partial charge < -0.3 is 4.42 Å². The first-order valence-electron chi connectivity index (χ1n) is 5.70. The van der Waals surface area contributed by atoms with Crippen molar-refractivity contribution in [3.05, 3.63) is 50.7 Å². The Hall–Kier alpha value is -3.14. The Bertz CT molecular complexity index is 972. The molecule has 0 saturated carbocycles. The Morgan fingerprint density at radius 3 is 2.90 bits per heavy atom. The van der Waals surface area contributed by atoms with Crippen LogP contribution in [0.4, 0.5) is 0 Å². The molecule has 0 unspecified atom stereocenters. The number of H-pyrrole nitrogens is 1. The number of aryl methyl sites for hydroxylation is 1. The normalized spacial score (nSPS) is 10.6. The highest BCUT2D eigenvalue weighted by molar-refractivity contribution is 5.80. The average molecular weight is 268 g/mol. The zero-order valence-corrected chi connectivity index (χ0v) is 10.4. The van der Waals surface area contributed by atoms with Crippen molar-refractivity contribution in [1.82, 2.24) is 14.8 Å². The van der Waals surface area contributed by atoms with Crippen molar-refractivity contribution >= 4 is 11.1 Å². The van der Waals surface area contributed by atoms with Crippen molar-refractivity contribution in [3.8, 4) is 17.3 Å². The molecule has 2 heterocycles. The van der Waals surface area contributed by atoms with Crippen molar-refractivity contribution < 1.29 is 4.42 Å². The molecule has 0 spiro atoms. The van der Waals surface area contributed by atoms with Gasteiger partial charge in [-0.1, -0.05) is 0 Å². The summed E-state index contributed by atoms with van der Waals surface area (Å²) < 4.78 is 6.39. The molecule has 0 fully saturated rings. The summed E-state index contributed by atoms with van der Waals surface area (Å²) >= 11 is 0. The molecule has 0 bridgehead atoms. The Kier molecular flexibility index (Phi) is 2.51. The van der Waals surface area contributed by atoms with Gasteiger partial charge in [-0.15, -0.1) is 0 Å². The van der Waals surface area contributed by atoms with E-state index in [1.807, 2.05) is 6.07 Å². The number of nitriles is 1. The minimum Gasteiger partial charge on any atom is -0.408 e. The molecule has 7 heteroatoms. The van der Waals surface area contributed by atoms with Crippen LogP contribution in [-0.4, -0.2) is 14.8 Å². The van der Waals surface area contributed by atoms with Crippen LogP contribution in [0.15, 0.2) is 38.3 Å². The van der Waals surface area contributed by atoms with E-state index in [0.717, 1.165) is 0 Å². The molecule has 0 aliphatic rings. The van der Waals surface area contributed by atoms with Gasteiger partial charge in [-0.25, -0.2) is 9.89 Å². The Morgan fingerprint density at radius 1 is 1.35 bits per heavy atom. The molecule has 1 aromatic carbocycles. The van der Waals surface area contributed by atoms with Gasteiger partial charge in [0.2, 0.25) is 0 Å². The van der Waals surface area contributed by atoms with Crippen molar-refractivity contribution in [1.29, 1.82) is 5.26 Å². The molecule has 3 aromatic rings. The van der Waals surface area contributed by atoms with Crippen molar-refractivity contribution in [2.24, 2.45) is 7.05 Å². The van der Waals surface area contributed by atoms with Gasteiger partial charge in [0, 0.05) is 18.7 Å². The van der Waals surface area contributed by atoms with Gasteiger partial charge in [0.15, 0.2) is 5.58 Å². The second-order valence-electron chi connectivity index (χ2n) is 4.22. The Labute approximate surface area is 111 Å². The molecule has 7 nitrogen and oxygen atoms in total. The largest absolute Gasteiger partial charge is 0.419 e. The first-order valence-corrected chi connectivity index (χ1v) is 5.70. The molecule has 20 heavy (non-hydrogen) atoms. The lowest BCUT2D eigenvalue weighted by Gasteiger charge is -2.02. The van der Waals surface area contributed by atoms with Crippen LogP contribution in [0.2, 0.25) is 0 Å². The monoisotopic (exact) mass is 268 g/mol. The summed E-state index contributed by atoms with van der Waals surface area (Å²) in [5.41, 5.74) is 1.72. The topological polar surface area (TPSA) is 105 Å². The number of oxazole rings is 1. The Balaban J connectivity index is 2.30. The summed E-state index contributed by atoms with van der Waals surface area (Å²) in [4.78, 5) is 22.6. The fraction of sp³-hybridized carbons (Fsp3) is 0.0769. The highest BCUT2D eigenvalue weighted by Crippen LogP contribution is 2.23. The fourth-order valence-corrected chi connectivity index (χ4v) is 1.98. The highest BCUT2D eigenvalue weighted by atomic mass is 16.4. The molecule has 0 aliphatic heterocycles. The average Bonchev–Trinajstić information content (AvgIpc) is 2.74. The number of fused-ring (bicyclic) bond motifs is 1. The lowest BCUT2D eigenvalue weighted by Crippen LogP contribution is -2.09. The fourth-order valence-electron chi connectivity index (χ4n) is 1.98. The van der Waals surface area contributed by atoms with E-state index in [1.54, 1.807) is 25.2 Å². The van der Waals surface area contributed by atoms with Crippen LogP contribution in [0.3, 0.4) is 0 Å². The Morgan fingerprint density at radius 2 is 2.15 bits per heavy atom. The summed E-state index contributed by atoms with van der Waals surface area (Å²) in [7, 11) is 1.59. The van der Waals surface area contributed by atoms with Crippen LogP contribution >= 0.6 is 0 Å². The maximum absolute atomic E-state index is 11.4. The van der Waals surface area contributed by atoms with E-state index in [2.05, 4.69) is 10.2 Å². The van der Waals surface area contributed by atoms with E-state index < -0.39 is 11.3 Å². The van der Waals surface area contributed by atoms with Gasteiger partial charge >= 0.3 is 5.76 Å². The summed E-state index contributed by atoms with van der Waals surface area (Å²) in [6, 6.07) is 8.09. The van der Waals surface area contributed by atoms with Crippen LogP contribution < -0.4 is 11.3 Å². The molecule has 2 aromatic heterocycles. The molecule has 1 N–H and O–H groups in total. The third-order valence-electron chi connectivity index (χ3n) is 2.99. The minimum atomic E-state index is -0.466. The summed E-state index contributed by atoms with van der Waals surface area (Å²) in [6.45, 7) is 0. The first-order chi connectivity index (χ1) is 9.60. The number of rotatable bonds is 1. The van der Waals surface area contributed by atoms with Crippen LogP contribution in [0.1, 0.15) is 5.56 Å². The lowest BCUT2D eigenvalue weighted by atomic mass is 10.1. The van der Waals surface area contributed by atoms with Gasteiger partial charge in [-0.05, 0) is 18.2 Å². The maximum atomic E-state index is 11.4. The maximum Gasteiger partial charge on any atom is 0.419 e. The van der Waals surface area contributed by atoms with E-state index >= 15 is 0 Å². The van der Waals surface area contributed by atoms with Gasteiger partial charge in [0.1, 0.15) is 11.8 Å². The zero-order valence-electron chi connectivity index (χ0n) is 10.4. The van der Waals surface area contributed by atoms with Gasteiger partial charge in [0.05, 0.1) is 11.1 Å². The van der Waals surface area contributed by atoms with Gasteiger partial charge in [-0.2, -0.15) is 10.4 Å². The van der Waals surface area contributed by atoms with Crippen molar-refractivity contribution in [2.45, 2.75) is 0 Å². The molecular formula is C13H8N4O3. The molecule has 3 rings (SSSR count). The highest BCUT2D eigenvalue weighted by Gasteiger charge is 2.11. The second kappa shape index (κ2) is 4.20. The zero-order chi connectivity index (χ0) is 14.3. The third kappa shape index (κ3) is 1.71. The van der Waals surface area contributed by atoms with Gasteiger partial charge in [-0.3, -0.25) is 9.36 Å². The van der Waals surface area contributed by atoms with Crippen molar-refractivity contribution in [2.75, 3.05) is 0 Å². The summed E-state index contributed by atoms with van der Waals surface area (Å²) in [6.07, 6.45) is 0. The van der Waals surface area contributed by atoms with E-state index in [0.29, 0.717) is 22.4 Å². The third-order valence-corrected chi connectivity index (χ3v) is 2.99. The predicted molar refractivity (Wildman–Crippen MR) is 70.0 cm³/mol. The molecule has 0 radical (unpaired) electrons. The van der Waals surface area contributed by atoms with Crippen LogP contribution in [-0.2, 0) is 7.05 Å². The number of aromatic nitrogens is 3. The number of nitrogens with zero attached hydrogens (tertiary/aromatic N) is 3. The molecule has 0 aliphatic carbocycles. The van der Waals surface area contributed by atoms with Crippen molar-refractivity contribution in [3.63, 3.8) is 0 Å². The van der Waals surface area contributed by atoms with E-state index in [1.165, 1.54) is 10.6 Å². The van der Waals surface area contributed by atoms with Crippen LogP contribution in [0.5, 0.6) is 0 Å². The molecular weight excluding hydrogens is 260 g/mol. The van der Waals surface area contributed by atoms with E-state index in [9.17, 15) is 9.59 Å². The molecule has 0 amide bonds.